The minimum atomic E-state index is -0.444. The van der Waals surface area contributed by atoms with Gasteiger partial charge in [-0.05, 0) is 52.8 Å². The summed E-state index contributed by atoms with van der Waals surface area (Å²) in [6.45, 7) is 6.41. The number of urea groups is 1. The van der Waals surface area contributed by atoms with E-state index in [1.807, 2.05) is 67.7 Å². The number of aryl methyl sites for hydroxylation is 1. The van der Waals surface area contributed by atoms with Crippen molar-refractivity contribution in [2.75, 3.05) is 7.05 Å². The highest BCUT2D eigenvalue weighted by atomic mass is 16.2. The molecular weight excluding hydrogens is 378 g/mol. The van der Waals surface area contributed by atoms with Crippen LogP contribution in [0.25, 0.3) is 5.69 Å². The molecule has 3 amide bonds. The quantitative estimate of drug-likeness (QED) is 0.763. The first-order valence-electron chi connectivity index (χ1n) is 10.8. The number of hydrogen-bond acceptors (Lipinski definition) is 4. The average molecular weight is 412 g/mol. The first-order valence-corrected chi connectivity index (χ1v) is 10.8. The van der Waals surface area contributed by atoms with Gasteiger partial charge < -0.3 is 5.32 Å². The summed E-state index contributed by atoms with van der Waals surface area (Å²) in [7, 11) is 1.89. The molecule has 1 aromatic heterocycles. The molecule has 0 spiro atoms. The molecule has 1 saturated carbocycles. The van der Waals surface area contributed by atoms with Gasteiger partial charge in [0.05, 0.1) is 17.4 Å². The maximum Gasteiger partial charge on any atom is 0.321 e. The molecule has 1 aromatic carbocycles. The standard InChI is InChI=1S/C23H33N5O2/c1-16-21(17(2)28(26-16)20-13-9-6-10-14-20)15-27(4)18(3)22(29)25-23(30)24-19-11-7-5-8-12-19/h6,9-10,13-14,18-19H,5,7-8,11-12,15H2,1-4H3,(H2,24,25,29,30)/t18-/m1/s1. The molecule has 2 N–H and O–H groups in total. The van der Waals surface area contributed by atoms with Crippen LogP contribution in [-0.4, -0.2) is 45.8 Å². The summed E-state index contributed by atoms with van der Waals surface area (Å²) in [6.07, 6.45) is 5.46. The highest BCUT2D eigenvalue weighted by Gasteiger charge is 2.24. The Morgan fingerprint density at radius 2 is 1.83 bits per heavy atom. The fourth-order valence-corrected chi connectivity index (χ4v) is 4.00. The number of nitrogens with one attached hydrogen (secondary N) is 2. The SMILES string of the molecule is Cc1nn(-c2ccccc2)c(C)c1CN(C)[C@H](C)C(=O)NC(=O)NC1CCCCC1. The van der Waals surface area contributed by atoms with Crippen molar-refractivity contribution in [3.63, 3.8) is 0 Å². The highest BCUT2D eigenvalue weighted by Crippen LogP contribution is 2.20. The van der Waals surface area contributed by atoms with Crippen LogP contribution in [0.15, 0.2) is 30.3 Å². The second-order valence-corrected chi connectivity index (χ2v) is 8.29. The van der Waals surface area contributed by atoms with Crippen molar-refractivity contribution in [1.29, 1.82) is 0 Å². The number of carbonyl (C=O) groups is 2. The van der Waals surface area contributed by atoms with Gasteiger partial charge in [0.25, 0.3) is 0 Å². The lowest BCUT2D eigenvalue weighted by molar-refractivity contribution is -0.124. The lowest BCUT2D eigenvalue weighted by Crippen LogP contribution is -2.50. The number of para-hydroxylation sites is 1. The van der Waals surface area contributed by atoms with Crippen molar-refractivity contribution in [2.24, 2.45) is 0 Å². The molecule has 0 saturated heterocycles. The molecule has 0 aliphatic heterocycles. The van der Waals surface area contributed by atoms with Crippen molar-refractivity contribution < 1.29 is 9.59 Å². The smallest absolute Gasteiger partial charge is 0.321 e. The van der Waals surface area contributed by atoms with Crippen LogP contribution in [0.1, 0.15) is 56.0 Å². The summed E-state index contributed by atoms with van der Waals surface area (Å²) < 4.78 is 1.93. The van der Waals surface area contributed by atoms with Gasteiger partial charge in [-0.2, -0.15) is 5.10 Å². The molecule has 1 aliphatic carbocycles. The summed E-state index contributed by atoms with van der Waals surface area (Å²) in [6, 6.07) is 9.34. The molecular formula is C23H33N5O2. The lowest BCUT2D eigenvalue weighted by Gasteiger charge is -2.25. The normalized spacial score (nSPS) is 15.8. The van der Waals surface area contributed by atoms with Crippen molar-refractivity contribution in [1.82, 2.24) is 25.3 Å². The predicted molar refractivity (Wildman–Crippen MR) is 118 cm³/mol. The molecule has 1 aliphatic rings. The Morgan fingerprint density at radius 1 is 1.17 bits per heavy atom. The van der Waals surface area contributed by atoms with Gasteiger partial charge in [0.2, 0.25) is 5.91 Å². The molecule has 162 valence electrons. The number of amides is 3. The Morgan fingerprint density at radius 3 is 2.50 bits per heavy atom. The molecule has 1 fully saturated rings. The number of imide groups is 1. The maximum atomic E-state index is 12.6. The second-order valence-electron chi connectivity index (χ2n) is 8.29. The van der Waals surface area contributed by atoms with Gasteiger partial charge in [-0.25, -0.2) is 9.48 Å². The number of aromatic nitrogens is 2. The summed E-state index contributed by atoms with van der Waals surface area (Å²) in [5.74, 6) is -0.295. The van der Waals surface area contributed by atoms with Crippen LogP contribution in [0.2, 0.25) is 0 Å². The first-order chi connectivity index (χ1) is 14.4. The molecule has 0 bridgehead atoms. The van der Waals surface area contributed by atoms with Crippen molar-refractivity contribution >= 4 is 11.9 Å². The topological polar surface area (TPSA) is 79.3 Å². The molecule has 0 radical (unpaired) electrons. The zero-order valence-corrected chi connectivity index (χ0v) is 18.4. The average Bonchev–Trinajstić information content (AvgIpc) is 3.02. The summed E-state index contributed by atoms with van der Waals surface area (Å²) in [5.41, 5.74) is 4.09. The van der Waals surface area contributed by atoms with Crippen LogP contribution in [0.4, 0.5) is 4.79 Å². The Bertz CT molecular complexity index is 871. The third-order valence-corrected chi connectivity index (χ3v) is 6.07. The van der Waals surface area contributed by atoms with E-state index in [1.54, 1.807) is 0 Å². The maximum absolute atomic E-state index is 12.6. The van der Waals surface area contributed by atoms with E-state index in [0.717, 1.165) is 48.3 Å². The molecule has 1 heterocycles. The van der Waals surface area contributed by atoms with E-state index in [4.69, 9.17) is 0 Å². The van der Waals surface area contributed by atoms with Gasteiger partial charge in [-0.15, -0.1) is 0 Å². The molecule has 1 atom stereocenters. The van der Waals surface area contributed by atoms with E-state index in [-0.39, 0.29) is 11.9 Å². The third kappa shape index (κ3) is 5.27. The van der Waals surface area contributed by atoms with Gasteiger partial charge in [-0.1, -0.05) is 37.5 Å². The number of hydrogen-bond donors (Lipinski definition) is 2. The van der Waals surface area contributed by atoms with Crippen LogP contribution >= 0.6 is 0 Å². The predicted octanol–water partition coefficient (Wildman–Crippen LogP) is 3.47. The van der Waals surface area contributed by atoms with E-state index in [1.165, 1.54) is 6.42 Å². The lowest BCUT2D eigenvalue weighted by atomic mass is 9.96. The fraction of sp³-hybridized carbons (Fsp3) is 0.522. The van der Waals surface area contributed by atoms with Gasteiger partial charge in [0, 0.05) is 23.8 Å². The third-order valence-electron chi connectivity index (χ3n) is 6.07. The van der Waals surface area contributed by atoms with E-state index in [0.29, 0.717) is 6.54 Å². The highest BCUT2D eigenvalue weighted by molar-refractivity contribution is 5.96. The summed E-state index contributed by atoms with van der Waals surface area (Å²) >= 11 is 0. The Kier molecular flexibility index (Phi) is 7.26. The van der Waals surface area contributed by atoms with Crippen LogP contribution in [0.3, 0.4) is 0 Å². The van der Waals surface area contributed by atoms with Crippen LogP contribution < -0.4 is 10.6 Å². The Labute approximate surface area is 178 Å². The Balaban J connectivity index is 1.59. The van der Waals surface area contributed by atoms with Crippen LogP contribution in [-0.2, 0) is 11.3 Å². The van der Waals surface area contributed by atoms with E-state index >= 15 is 0 Å². The van der Waals surface area contributed by atoms with Crippen LogP contribution in [0, 0.1) is 13.8 Å². The number of benzene rings is 1. The number of rotatable bonds is 6. The summed E-state index contributed by atoms with van der Waals surface area (Å²) in [4.78, 5) is 26.7. The second kappa shape index (κ2) is 9.89. The van der Waals surface area contributed by atoms with E-state index in [2.05, 4.69) is 15.7 Å². The molecule has 7 nitrogen and oxygen atoms in total. The van der Waals surface area contributed by atoms with E-state index in [9.17, 15) is 9.59 Å². The largest absolute Gasteiger partial charge is 0.335 e. The minimum absolute atomic E-state index is 0.175. The number of carbonyl (C=O) groups excluding carboxylic acids is 2. The molecule has 7 heteroatoms. The molecule has 3 rings (SSSR count). The molecule has 0 unspecified atom stereocenters. The zero-order valence-electron chi connectivity index (χ0n) is 18.4. The van der Waals surface area contributed by atoms with Crippen molar-refractivity contribution in [3.05, 3.63) is 47.3 Å². The van der Waals surface area contributed by atoms with Gasteiger partial charge in [-0.3, -0.25) is 15.0 Å². The number of nitrogens with zero attached hydrogens (tertiary/aromatic N) is 3. The van der Waals surface area contributed by atoms with Crippen LogP contribution in [0.5, 0.6) is 0 Å². The summed E-state index contributed by atoms with van der Waals surface area (Å²) in [5, 5.41) is 10.1. The minimum Gasteiger partial charge on any atom is -0.335 e. The Hall–Kier alpha value is -2.67. The van der Waals surface area contributed by atoms with Gasteiger partial charge >= 0.3 is 6.03 Å². The monoisotopic (exact) mass is 411 g/mol. The first kappa shape index (κ1) is 22.0. The van der Waals surface area contributed by atoms with E-state index < -0.39 is 12.1 Å². The zero-order chi connectivity index (χ0) is 21.7. The molecule has 2 aromatic rings. The van der Waals surface area contributed by atoms with Crippen molar-refractivity contribution in [3.8, 4) is 5.69 Å². The van der Waals surface area contributed by atoms with Gasteiger partial charge in [0.1, 0.15) is 0 Å². The van der Waals surface area contributed by atoms with Gasteiger partial charge in [0.15, 0.2) is 0 Å². The molecule has 30 heavy (non-hydrogen) atoms. The number of likely N-dealkylation sites (N-methyl/N-ethyl adjacent to an activating group) is 1. The van der Waals surface area contributed by atoms with Crippen molar-refractivity contribution in [2.45, 2.75) is 71.5 Å². The fourth-order valence-electron chi connectivity index (χ4n) is 4.00.